The van der Waals surface area contributed by atoms with Crippen molar-refractivity contribution in [3.8, 4) is 5.75 Å². The van der Waals surface area contributed by atoms with Crippen LogP contribution in [0.15, 0.2) is 42.5 Å². The molecule has 2 heterocycles. The molecule has 0 aliphatic carbocycles. The largest absolute Gasteiger partial charge is 0.497 e. The third-order valence-corrected chi connectivity index (χ3v) is 5.14. The molecule has 1 aliphatic rings. The molecule has 1 atom stereocenters. The van der Waals surface area contributed by atoms with Crippen molar-refractivity contribution in [2.45, 2.75) is 26.2 Å². The van der Waals surface area contributed by atoms with Gasteiger partial charge in [-0.1, -0.05) is 28.9 Å². The van der Waals surface area contributed by atoms with E-state index in [0.29, 0.717) is 22.9 Å². The van der Waals surface area contributed by atoms with E-state index in [1.165, 1.54) is 0 Å². The van der Waals surface area contributed by atoms with Gasteiger partial charge in [0, 0.05) is 10.7 Å². The number of ether oxygens (including phenoxy) is 2. The molecule has 144 valence electrons. The molecule has 0 spiro atoms. The van der Waals surface area contributed by atoms with Gasteiger partial charge >= 0.3 is 0 Å². The summed E-state index contributed by atoms with van der Waals surface area (Å²) in [6, 6.07) is 13.0. The van der Waals surface area contributed by atoms with Gasteiger partial charge in [-0.2, -0.15) is 0 Å². The number of nitrogens with one attached hydrogen (secondary N) is 1. The van der Waals surface area contributed by atoms with E-state index < -0.39 is 0 Å². The molecule has 7 nitrogen and oxygen atoms in total. The molecular formula is C20H19ClN4O3. The van der Waals surface area contributed by atoms with E-state index in [2.05, 4.69) is 15.6 Å². The maximum Gasteiger partial charge on any atom is 0.278 e. The number of methoxy groups -OCH3 is 1. The van der Waals surface area contributed by atoms with Crippen molar-refractivity contribution in [2.75, 3.05) is 12.4 Å². The first-order chi connectivity index (χ1) is 13.5. The van der Waals surface area contributed by atoms with Crippen molar-refractivity contribution >= 4 is 23.2 Å². The molecule has 0 fully saturated rings. The Morgan fingerprint density at radius 2 is 2.07 bits per heavy atom. The summed E-state index contributed by atoms with van der Waals surface area (Å²) >= 11 is 6.03. The standard InChI is InChI=1S/C20H19ClN4O3/c1-12-9-14(5-8-16(12)21)22-20(26)19-17-11-28-18(10-25(17)24-23-19)13-3-6-15(27-2)7-4-13/h3-9,18H,10-11H2,1-2H3,(H,22,26). The topological polar surface area (TPSA) is 78.3 Å². The minimum Gasteiger partial charge on any atom is -0.497 e. The molecule has 2 aromatic carbocycles. The highest BCUT2D eigenvalue weighted by Crippen LogP contribution is 2.28. The molecule has 8 heteroatoms. The lowest BCUT2D eigenvalue weighted by molar-refractivity contribution is -0.00173. The van der Waals surface area contributed by atoms with Gasteiger partial charge in [-0.25, -0.2) is 4.68 Å². The lowest BCUT2D eigenvalue weighted by Gasteiger charge is -2.24. The molecule has 1 aliphatic heterocycles. The number of anilines is 1. The van der Waals surface area contributed by atoms with Gasteiger partial charge in [-0.3, -0.25) is 4.79 Å². The third-order valence-electron chi connectivity index (χ3n) is 4.72. The summed E-state index contributed by atoms with van der Waals surface area (Å²) in [5.41, 5.74) is 3.48. The molecule has 1 amide bonds. The van der Waals surface area contributed by atoms with E-state index in [9.17, 15) is 4.79 Å². The molecule has 0 bridgehead atoms. The van der Waals surface area contributed by atoms with Crippen LogP contribution in [0.3, 0.4) is 0 Å². The number of amides is 1. The van der Waals surface area contributed by atoms with Crippen molar-refractivity contribution in [3.05, 3.63) is 70.0 Å². The number of hydrogen-bond donors (Lipinski definition) is 1. The Kier molecular flexibility index (Phi) is 5.02. The number of hydrogen-bond acceptors (Lipinski definition) is 5. The van der Waals surface area contributed by atoms with Gasteiger partial charge in [0.15, 0.2) is 5.69 Å². The van der Waals surface area contributed by atoms with Gasteiger partial charge < -0.3 is 14.8 Å². The number of nitrogens with zero attached hydrogens (tertiary/aromatic N) is 3. The van der Waals surface area contributed by atoms with Gasteiger partial charge in [0.2, 0.25) is 0 Å². The van der Waals surface area contributed by atoms with E-state index in [0.717, 1.165) is 16.9 Å². The van der Waals surface area contributed by atoms with Crippen LogP contribution in [0.4, 0.5) is 5.69 Å². The van der Waals surface area contributed by atoms with Gasteiger partial charge in [-0.15, -0.1) is 5.10 Å². The van der Waals surface area contributed by atoms with Crippen LogP contribution in [0, 0.1) is 6.92 Å². The smallest absolute Gasteiger partial charge is 0.278 e. The van der Waals surface area contributed by atoms with Crippen LogP contribution < -0.4 is 10.1 Å². The fourth-order valence-corrected chi connectivity index (χ4v) is 3.24. The normalized spacial score (nSPS) is 15.8. The summed E-state index contributed by atoms with van der Waals surface area (Å²) < 4.78 is 12.9. The summed E-state index contributed by atoms with van der Waals surface area (Å²) in [6.07, 6.45) is -0.157. The fraction of sp³-hybridized carbons (Fsp3) is 0.250. The summed E-state index contributed by atoms with van der Waals surface area (Å²) in [7, 11) is 1.63. The van der Waals surface area contributed by atoms with Crippen LogP contribution in [-0.4, -0.2) is 28.0 Å². The first-order valence-electron chi connectivity index (χ1n) is 8.80. The average molecular weight is 399 g/mol. The molecule has 0 saturated carbocycles. The second-order valence-electron chi connectivity index (χ2n) is 6.56. The Morgan fingerprint density at radius 3 is 2.79 bits per heavy atom. The number of rotatable bonds is 4. The third kappa shape index (κ3) is 3.58. The number of fused-ring (bicyclic) bond motifs is 1. The van der Waals surface area contributed by atoms with Crippen LogP contribution in [0.5, 0.6) is 5.75 Å². The maximum atomic E-state index is 12.6. The second kappa shape index (κ2) is 7.61. The quantitative estimate of drug-likeness (QED) is 0.723. The molecule has 0 saturated heterocycles. The van der Waals surface area contributed by atoms with E-state index >= 15 is 0 Å². The highest BCUT2D eigenvalue weighted by molar-refractivity contribution is 6.31. The van der Waals surface area contributed by atoms with Gasteiger partial charge in [-0.05, 0) is 48.4 Å². The zero-order chi connectivity index (χ0) is 19.7. The summed E-state index contributed by atoms with van der Waals surface area (Å²) in [4.78, 5) is 12.6. The van der Waals surface area contributed by atoms with Crippen LogP contribution in [0.2, 0.25) is 5.02 Å². The average Bonchev–Trinajstić information content (AvgIpc) is 3.14. The zero-order valence-electron chi connectivity index (χ0n) is 15.5. The lowest BCUT2D eigenvalue weighted by Crippen LogP contribution is -2.24. The van der Waals surface area contributed by atoms with Crippen molar-refractivity contribution in [1.82, 2.24) is 15.0 Å². The van der Waals surface area contributed by atoms with E-state index in [4.69, 9.17) is 21.1 Å². The molecule has 1 unspecified atom stereocenters. The SMILES string of the molecule is COc1ccc(C2Cn3nnc(C(=O)Nc4ccc(Cl)c(C)c4)c3CO2)cc1. The lowest BCUT2D eigenvalue weighted by atomic mass is 10.1. The predicted octanol–water partition coefficient (Wildman–Crippen LogP) is 3.77. The van der Waals surface area contributed by atoms with E-state index in [1.54, 1.807) is 23.9 Å². The Bertz CT molecular complexity index is 1020. The van der Waals surface area contributed by atoms with Gasteiger partial charge in [0.25, 0.3) is 5.91 Å². The highest BCUT2D eigenvalue weighted by Gasteiger charge is 2.27. The minimum absolute atomic E-state index is 0.157. The van der Waals surface area contributed by atoms with Crippen molar-refractivity contribution in [2.24, 2.45) is 0 Å². The second-order valence-corrected chi connectivity index (χ2v) is 6.96. The van der Waals surface area contributed by atoms with Crippen molar-refractivity contribution in [3.63, 3.8) is 0 Å². The Balaban J connectivity index is 1.49. The molecule has 4 rings (SSSR count). The minimum atomic E-state index is -0.325. The summed E-state index contributed by atoms with van der Waals surface area (Å²) in [6.45, 7) is 2.62. The number of benzene rings is 2. The van der Waals surface area contributed by atoms with Crippen LogP contribution in [0.25, 0.3) is 0 Å². The Morgan fingerprint density at radius 1 is 1.29 bits per heavy atom. The van der Waals surface area contributed by atoms with E-state index in [1.807, 2.05) is 37.3 Å². The van der Waals surface area contributed by atoms with Crippen LogP contribution >= 0.6 is 11.6 Å². The highest BCUT2D eigenvalue weighted by atomic mass is 35.5. The number of carbonyl (C=O) groups is 1. The number of aryl methyl sites for hydroxylation is 1. The number of carbonyl (C=O) groups excluding carboxylic acids is 1. The predicted molar refractivity (Wildman–Crippen MR) is 105 cm³/mol. The zero-order valence-corrected chi connectivity index (χ0v) is 16.2. The van der Waals surface area contributed by atoms with E-state index in [-0.39, 0.29) is 24.3 Å². The van der Waals surface area contributed by atoms with Crippen LogP contribution in [-0.2, 0) is 17.9 Å². The monoisotopic (exact) mass is 398 g/mol. The summed E-state index contributed by atoms with van der Waals surface area (Å²) in [5, 5.41) is 11.7. The maximum absolute atomic E-state index is 12.6. The molecule has 1 aromatic heterocycles. The Labute approximate surface area is 167 Å². The molecule has 1 N–H and O–H groups in total. The molecule has 28 heavy (non-hydrogen) atoms. The van der Waals surface area contributed by atoms with Gasteiger partial charge in [0.05, 0.1) is 26.0 Å². The molecule has 0 radical (unpaired) electrons. The first-order valence-corrected chi connectivity index (χ1v) is 9.18. The van der Waals surface area contributed by atoms with Gasteiger partial charge in [0.1, 0.15) is 11.9 Å². The molecular weight excluding hydrogens is 380 g/mol. The summed E-state index contributed by atoms with van der Waals surface area (Å²) in [5.74, 6) is 0.465. The number of halogens is 1. The van der Waals surface area contributed by atoms with Crippen LogP contribution in [0.1, 0.15) is 33.4 Å². The molecule has 3 aromatic rings. The first kappa shape index (κ1) is 18.5. The Hall–Kier alpha value is -2.90. The van der Waals surface area contributed by atoms with Crippen molar-refractivity contribution in [1.29, 1.82) is 0 Å². The number of aromatic nitrogens is 3. The van der Waals surface area contributed by atoms with Crippen molar-refractivity contribution < 1.29 is 14.3 Å². The fourth-order valence-electron chi connectivity index (χ4n) is 3.12.